The van der Waals surface area contributed by atoms with E-state index in [9.17, 15) is 9.81 Å². The predicted octanol–water partition coefficient (Wildman–Crippen LogP) is 5.61. The molecule has 0 radical (unpaired) electrons. The van der Waals surface area contributed by atoms with Crippen LogP contribution in [0.25, 0.3) is 10.4 Å². The monoisotopic (exact) mass is 374 g/mol. The van der Waals surface area contributed by atoms with Gasteiger partial charge in [-0.3, -0.25) is 5.43 Å². The Morgan fingerprint density at radius 3 is 2.04 bits per heavy atom. The molecule has 0 heterocycles. The fraction of sp³-hybridized carbons (Fsp3) is 0.684. The Morgan fingerprint density at radius 2 is 1.48 bits per heavy atom. The van der Waals surface area contributed by atoms with Crippen molar-refractivity contribution in [3.63, 3.8) is 0 Å². The van der Waals surface area contributed by atoms with Crippen LogP contribution in [-0.2, 0) is 12.8 Å². The van der Waals surface area contributed by atoms with Crippen molar-refractivity contribution in [3.8, 4) is 0 Å². The lowest BCUT2D eigenvalue weighted by Crippen LogP contribution is -2.48. The van der Waals surface area contributed by atoms with Gasteiger partial charge in [0.25, 0.3) is 0 Å². The van der Waals surface area contributed by atoms with Gasteiger partial charge in [0.15, 0.2) is 5.54 Å². The molecular weight excluding hydrogens is 344 g/mol. The lowest BCUT2D eigenvalue weighted by atomic mass is 9.91. The summed E-state index contributed by atoms with van der Waals surface area (Å²) in [6.07, 6.45) is 9.82. The van der Waals surface area contributed by atoms with Gasteiger partial charge in [-0.2, -0.15) is 14.7 Å². The summed E-state index contributed by atoms with van der Waals surface area (Å²) in [5.74, 6) is 0. The van der Waals surface area contributed by atoms with E-state index in [1.807, 2.05) is 0 Å². The van der Waals surface area contributed by atoms with Crippen molar-refractivity contribution in [1.82, 2.24) is 5.43 Å². The number of nitrogens with one attached hydrogen (secondary N) is 1. The molecule has 0 aliphatic heterocycles. The van der Waals surface area contributed by atoms with Crippen LogP contribution in [0.1, 0.15) is 63.0 Å². The average Bonchev–Trinajstić information content (AvgIpc) is 2.69. The topological polar surface area (TPSA) is 120 Å². The number of benzene rings is 1. The molecule has 8 heteroatoms. The lowest BCUT2D eigenvalue weighted by Gasteiger charge is -2.24. The highest BCUT2D eigenvalue weighted by atomic mass is 16.3. The second-order valence-electron chi connectivity index (χ2n) is 6.99. The largest absolute Gasteiger partial charge is 0.252 e. The second-order valence-corrected chi connectivity index (χ2v) is 6.99. The molecule has 0 fully saturated rings. The van der Waals surface area contributed by atoms with Crippen molar-refractivity contribution in [3.05, 3.63) is 55.6 Å². The molecule has 148 valence electrons. The minimum atomic E-state index is -1.03. The van der Waals surface area contributed by atoms with E-state index in [0.29, 0.717) is 12.8 Å². The molecule has 0 saturated heterocycles. The fourth-order valence-electron chi connectivity index (χ4n) is 3.08. The molecule has 1 rings (SSSR count). The normalized spacial score (nSPS) is 10.9. The van der Waals surface area contributed by atoms with Crippen molar-refractivity contribution in [2.24, 2.45) is 15.6 Å². The highest BCUT2D eigenvalue weighted by Crippen LogP contribution is 2.18. The molecule has 1 N–H and O–H groups in total. The van der Waals surface area contributed by atoms with Gasteiger partial charge in [-0.05, 0) is 42.0 Å². The van der Waals surface area contributed by atoms with E-state index in [-0.39, 0.29) is 13.1 Å². The first-order valence-corrected chi connectivity index (χ1v) is 9.67. The van der Waals surface area contributed by atoms with Gasteiger partial charge in [0, 0.05) is 0 Å². The van der Waals surface area contributed by atoms with Crippen molar-refractivity contribution in [1.29, 1.82) is 0 Å². The number of unbranched alkanes of at least 4 members (excludes halogenated alkanes) is 5. The zero-order chi connectivity index (χ0) is 19.8. The van der Waals surface area contributed by atoms with Crippen LogP contribution in [0.2, 0.25) is 0 Å². The van der Waals surface area contributed by atoms with E-state index in [2.05, 4.69) is 57.1 Å². The number of nitrogens with zero attached hydrogens (tertiary/aromatic N) is 5. The van der Waals surface area contributed by atoms with E-state index in [0.717, 1.165) is 12.0 Å². The molecule has 0 spiro atoms. The summed E-state index contributed by atoms with van der Waals surface area (Å²) in [5, 5.41) is 9.04. The van der Waals surface area contributed by atoms with Crippen LogP contribution in [0.3, 0.4) is 0 Å². The van der Waals surface area contributed by atoms with Crippen molar-refractivity contribution in [2.75, 3.05) is 13.1 Å². The summed E-state index contributed by atoms with van der Waals surface area (Å²) < 4.78 is 0. The van der Waals surface area contributed by atoms with Crippen LogP contribution in [-0.4, -0.2) is 18.6 Å². The van der Waals surface area contributed by atoms with Gasteiger partial charge in [0.2, 0.25) is 0 Å². The zero-order valence-corrected chi connectivity index (χ0v) is 16.1. The van der Waals surface area contributed by atoms with Gasteiger partial charge in [-0.15, -0.1) is 5.53 Å². The van der Waals surface area contributed by atoms with Gasteiger partial charge in [-0.25, -0.2) is 0 Å². The lowest BCUT2D eigenvalue weighted by molar-refractivity contribution is 0.323. The van der Waals surface area contributed by atoms with E-state index in [1.165, 1.54) is 44.1 Å². The molecule has 0 aliphatic carbocycles. The van der Waals surface area contributed by atoms with E-state index >= 15 is 0 Å². The summed E-state index contributed by atoms with van der Waals surface area (Å²) >= 11 is 0. The summed E-state index contributed by atoms with van der Waals surface area (Å²) in [4.78, 5) is 24.1. The van der Waals surface area contributed by atoms with Gasteiger partial charge in [-0.1, -0.05) is 73.6 Å². The molecule has 0 bridgehead atoms. The maximum Gasteiger partial charge on any atom is 0.153 e. The van der Waals surface area contributed by atoms with Crippen LogP contribution >= 0.6 is 0 Å². The van der Waals surface area contributed by atoms with Gasteiger partial charge in [0.1, 0.15) is 13.1 Å². The summed E-state index contributed by atoms with van der Waals surface area (Å²) in [7, 11) is 0. The molecule has 8 nitrogen and oxygen atoms in total. The fourth-order valence-corrected chi connectivity index (χ4v) is 3.08. The van der Waals surface area contributed by atoms with Gasteiger partial charge >= 0.3 is 0 Å². The summed E-state index contributed by atoms with van der Waals surface area (Å²) in [6, 6.07) is 8.38. The quantitative estimate of drug-likeness (QED) is 0.101. The Balaban J connectivity index is 2.53. The smallest absolute Gasteiger partial charge is 0.153 e. The molecule has 0 atom stereocenters. The van der Waals surface area contributed by atoms with E-state index in [1.54, 1.807) is 0 Å². The Bertz CT molecular complexity index is 589. The Labute approximate surface area is 160 Å². The first-order valence-electron chi connectivity index (χ1n) is 9.67. The SMILES string of the molecule is CCCCCCCCc1ccc(CCC(CN=O)(CN=O)NN=[N+]=[N-])cc1. The van der Waals surface area contributed by atoms with Crippen LogP contribution < -0.4 is 5.43 Å². The van der Waals surface area contributed by atoms with Crippen molar-refractivity contribution in [2.45, 2.75) is 70.3 Å². The minimum Gasteiger partial charge on any atom is -0.252 e. The maximum absolute atomic E-state index is 10.7. The molecule has 0 unspecified atom stereocenters. The van der Waals surface area contributed by atoms with Gasteiger partial charge in [0.05, 0.1) is 0 Å². The summed E-state index contributed by atoms with van der Waals surface area (Å²) in [5.41, 5.74) is 12.4. The van der Waals surface area contributed by atoms with Gasteiger partial charge < -0.3 is 0 Å². The van der Waals surface area contributed by atoms with Crippen LogP contribution in [0, 0.1) is 9.81 Å². The minimum absolute atomic E-state index is 0.187. The second kappa shape index (κ2) is 13.7. The predicted molar refractivity (Wildman–Crippen MR) is 108 cm³/mol. The van der Waals surface area contributed by atoms with Crippen LogP contribution in [0.15, 0.2) is 39.8 Å². The Hall–Kier alpha value is -2.47. The Morgan fingerprint density at radius 1 is 0.926 bits per heavy atom. The molecule has 0 aliphatic rings. The average molecular weight is 374 g/mol. The molecule has 27 heavy (non-hydrogen) atoms. The number of azide groups is 1. The van der Waals surface area contributed by atoms with Crippen LogP contribution in [0.5, 0.6) is 0 Å². The van der Waals surface area contributed by atoms with E-state index in [4.69, 9.17) is 5.53 Å². The zero-order valence-electron chi connectivity index (χ0n) is 16.1. The standard InChI is InChI=1S/C19H30N6O2/c1-2-3-4-5-6-7-8-17-9-11-18(12-10-17)13-14-19(15-21-26,16-22-27)23-25-24-20/h9-12,23H,2-8,13-16H2,1H3. The molecule has 0 amide bonds. The number of hydrogen-bond acceptors (Lipinski definition) is 5. The molecular formula is C19H30N6O2. The highest BCUT2D eigenvalue weighted by Gasteiger charge is 2.34. The third-order valence-electron chi connectivity index (χ3n) is 4.80. The number of nitroso groups, excluding NO2 is 2. The summed E-state index contributed by atoms with van der Waals surface area (Å²) in [6.45, 7) is 1.85. The molecule has 1 aromatic carbocycles. The third kappa shape index (κ3) is 9.15. The first kappa shape index (κ1) is 22.6. The maximum atomic E-state index is 10.7. The molecule has 0 saturated carbocycles. The molecule has 1 aromatic rings. The number of hydrogen-bond donors (Lipinski definition) is 1. The number of rotatable bonds is 16. The first-order chi connectivity index (χ1) is 13.2. The van der Waals surface area contributed by atoms with Crippen LogP contribution in [0.4, 0.5) is 0 Å². The highest BCUT2D eigenvalue weighted by molar-refractivity contribution is 5.23. The van der Waals surface area contributed by atoms with Crippen molar-refractivity contribution >= 4 is 0 Å². The number of aryl methyl sites for hydroxylation is 2. The Kier molecular flexibility index (Phi) is 11.4. The van der Waals surface area contributed by atoms with Crippen molar-refractivity contribution < 1.29 is 0 Å². The molecule has 0 aromatic heterocycles. The van der Waals surface area contributed by atoms with E-state index < -0.39 is 5.54 Å². The third-order valence-corrected chi connectivity index (χ3v) is 4.80.